The Morgan fingerprint density at radius 2 is 1.86 bits per heavy atom. The third-order valence-corrected chi connectivity index (χ3v) is 7.76. The zero-order valence-electron chi connectivity index (χ0n) is 15.7. The second-order valence-electron chi connectivity index (χ2n) is 7.52. The van der Waals surface area contributed by atoms with Crippen LogP contribution < -0.4 is 0 Å². The number of carbonyl (C=O) groups excluding carboxylic acids is 1. The summed E-state index contributed by atoms with van der Waals surface area (Å²) in [6.07, 6.45) is 3.29. The van der Waals surface area contributed by atoms with Crippen molar-refractivity contribution in [1.29, 1.82) is 0 Å². The van der Waals surface area contributed by atoms with Gasteiger partial charge in [0, 0.05) is 48.0 Å². The summed E-state index contributed by atoms with van der Waals surface area (Å²) in [4.78, 5) is 23.7. The molecule has 0 aliphatic carbocycles. The number of fused-ring (bicyclic) bond motifs is 1. The van der Waals surface area contributed by atoms with Crippen molar-refractivity contribution in [1.82, 2.24) is 14.8 Å². The van der Waals surface area contributed by atoms with Crippen molar-refractivity contribution in [3.63, 3.8) is 0 Å². The topological polar surface area (TPSA) is 36.4 Å². The summed E-state index contributed by atoms with van der Waals surface area (Å²) < 4.78 is 0. The maximum Gasteiger partial charge on any atom is 0.273 e. The molecule has 0 bridgehead atoms. The van der Waals surface area contributed by atoms with Crippen molar-refractivity contribution < 1.29 is 4.79 Å². The molecule has 0 spiro atoms. The van der Waals surface area contributed by atoms with Gasteiger partial charge in [-0.25, -0.2) is 4.98 Å². The molecule has 6 heteroatoms. The first-order valence-electron chi connectivity index (χ1n) is 9.87. The van der Waals surface area contributed by atoms with Crippen LogP contribution in [0.4, 0.5) is 0 Å². The van der Waals surface area contributed by atoms with Crippen LogP contribution in [0.25, 0.3) is 10.6 Å². The Hall–Kier alpha value is -2.02. The molecule has 4 nitrogen and oxygen atoms in total. The SMILES string of the molecule is O=C(c1csc(-c2ccccc2)n1)N1CCC(N2CCc3sccc3C2)CC1. The molecule has 2 aromatic heterocycles. The predicted molar refractivity (Wildman–Crippen MR) is 115 cm³/mol. The third-order valence-electron chi connectivity index (χ3n) is 5.85. The molecule has 1 aromatic carbocycles. The summed E-state index contributed by atoms with van der Waals surface area (Å²) in [5, 5.41) is 5.03. The lowest BCUT2D eigenvalue weighted by molar-refractivity contribution is 0.0596. The standard InChI is InChI=1S/C22H23N3OS2/c26-22(19-15-28-21(23-19)16-4-2-1-3-5-16)24-10-6-18(7-11-24)25-12-8-20-17(14-25)9-13-27-20/h1-5,9,13,15,18H,6-8,10-12,14H2. The van der Waals surface area contributed by atoms with Gasteiger partial charge in [-0.15, -0.1) is 22.7 Å². The first kappa shape index (κ1) is 18.0. The second kappa shape index (κ2) is 7.78. The summed E-state index contributed by atoms with van der Waals surface area (Å²) in [5.41, 5.74) is 3.16. The van der Waals surface area contributed by atoms with Gasteiger partial charge in [-0.05, 0) is 36.3 Å². The smallest absolute Gasteiger partial charge is 0.273 e. The van der Waals surface area contributed by atoms with Crippen LogP contribution in [0.3, 0.4) is 0 Å². The molecule has 1 saturated heterocycles. The van der Waals surface area contributed by atoms with Crippen LogP contribution in [0.5, 0.6) is 0 Å². The fourth-order valence-corrected chi connectivity index (χ4v) is 5.95. The Kier molecular flexibility index (Phi) is 5.01. The minimum Gasteiger partial charge on any atom is -0.337 e. The summed E-state index contributed by atoms with van der Waals surface area (Å²) in [6.45, 7) is 3.88. The van der Waals surface area contributed by atoms with Gasteiger partial charge in [-0.1, -0.05) is 30.3 Å². The Labute approximate surface area is 173 Å². The van der Waals surface area contributed by atoms with Crippen LogP contribution >= 0.6 is 22.7 Å². The first-order chi connectivity index (χ1) is 13.8. The highest BCUT2D eigenvalue weighted by Crippen LogP contribution is 2.29. The molecule has 0 atom stereocenters. The third kappa shape index (κ3) is 3.52. The quantitative estimate of drug-likeness (QED) is 0.637. The number of thiophene rings is 1. The Morgan fingerprint density at radius 3 is 2.68 bits per heavy atom. The van der Waals surface area contributed by atoms with E-state index in [0.29, 0.717) is 11.7 Å². The number of carbonyl (C=O) groups is 1. The number of nitrogens with zero attached hydrogens (tertiary/aromatic N) is 3. The molecule has 5 rings (SSSR count). The van der Waals surface area contributed by atoms with Crippen LogP contribution in [-0.4, -0.2) is 46.4 Å². The number of rotatable bonds is 3. The molecule has 3 aromatic rings. The maximum atomic E-state index is 12.9. The van der Waals surface area contributed by atoms with Gasteiger partial charge in [0.2, 0.25) is 0 Å². The molecular weight excluding hydrogens is 386 g/mol. The molecule has 28 heavy (non-hydrogen) atoms. The fourth-order valence-electron chi connectivity index (χ4n) is 4.26. The van der Waals surface area contributed by atoms with E-state index in [9.17, 15) is 4.79 Å². The second-order valence-corrected chi connectivity index (χ2v) is 9.38. The van der Waals surface area contributed by atoms with Gasteiger partial charge in [-0.3, -0.25) is 9.69 Å². The number of thiazole rings is 1. The molecule has 2 aliphatic heterocycles. The van der Waals surface area contributed by atoms with E-state index in [-0.39, 0.29) is 5.91 Å². The van der Waals surface area contributed by atoms with Crippen molar-refractivity contribution in [2.24, 2.45) is 0 Å². The van der Waals surface area contributed by atoms with Gasteiger partial charge in [0.05, 0.1) is 0 Å². The zero-order valence-corrected chi connectivity index (χ0v) is 17.3. The van der Waals surface area contributed by atoms with E-state index in [1.54, 1.807) is 16.2 Å². The van der Waals surface area contributed by atoms with Gasteiger partial charge in [-0.2, -0.15) is 0 Å². The van der Waals surface area contributed by atoms with E-state index < -0.39 is 0 Å². The number of aromatic nitrogens is 1. The number of hydrogen-bond acceptors (Lipinski definition) is 5. The van der Waals surface area contributed by atoms with Gasteiger partial charge in [0.15, 0.2) is 0 Å². The molecule has 1 fully saturated rings. The van der Waals surface area contributed by atoms with Crippen molar-refractivity contribution in [2.45, 2.75) is 31.8 Å². The Bertz CT molecular complexity index is 957. The minimum absolute atomic E-state index is 0.0793. The Morgan fingerprint density at radius 1 is 1.04 bits per heavy atom. The van der Waals surface area contributed by atoms with Crippen molar-refractivity contribution in [3.8, 4) is 10.6 Å². The van der Waals surface area contributed by atoms with Gasteiger partial charge in [0.1, 0.15) is 10.7 Å². The zero-order chi connectivity index (χ0) is 18.9. The molecule has 0 saturated carbocycles. The Balaban J connectivity index is 1.20. The van der Waals surface area contributed by atoms with E-state index in [0.717, 1.165) is 49.6 Å². The van der Waals surface area contributed by atoms with Crippen LogP contribution in [0, 0.1) is 0 Å². The van der Waals surface area contributed by atoms with Crippen molar-refractivity contribution in [3.05, 3.63) is 63.3 Å². The predicted octanol–water partition coefficient (Wildman–Crippen LogP) is 4.53. The average Bonchev–Trinajstić information content (AvgIpc) is 3.43. The fraction of sp³-hybridized carbons (Fsp3) is 0.364. The molecular formula is C22H23N3OS2. The summed E-state index contributed by atoms with van der Waals surface area (Å²) >= 11 is 3.44. The molecule has 2 aliphatic rings. The van der Waals surface area contributed by atoms with E-state index in [4.69, 9.17) is 0 Å². The number of hydrogen-bond donors (Lipinski definition) is 0. The highest BCUT2D eigenvalue weighted by Gasteiger charge is 2.30. The number of piperidine rings is 1. The first-order valence-corrected chi connectivity index (χ1v) is 11.6. The lowest BCUT2D eigenvalue weighted by Crippen LogP contribution is -2.48. The van der Waals surface area contributed by atoms with Crippen LogP contribution in [-0.2, 0) is 13.0 Å². The molecule has 4 heterocycles. The summed E-state index contributed by atoms with van der Waals surface area (Å²) in [7, 11) is 0. The normalized spacial score (nSPS) is 18.2. The number of amides is 1. The number of benzene rings is 1. The molecule has 144 valence electrons. The summed E-state index contributed by atoms with van der Waals surface area (Å²) in [6, 6.07) is 12.9. The van der Waals surface area contributed by atoms with Crippen LogP contribution in [0.1, 0.15) is 33.8 Å². The lowest BCUT2D eigenvalue weighted by Gasteiger charge is -2.40. The monoisotopic (exact) mass is 409 g/mol. The van der Waals surface area contributed by atoms with E-state index >= 15 is 0 Å². The van der Waals surface area contributed by atoms with E-state index in [2.05, 4.69) is 21.3 Å². The largest absolute Gasteiger partial charge is 0.337 e. The van der Waals surface area contributed by atoms with Gasteiger partial charge in [0.25, 0.3) is 5.91 Å². The lowest BCUT2D eigenvalue weighted by atomic mass is 9.99. The highest BCUT2D eigenvalue weighted by molar-refractivity contribution is 7.13. The molecule has 1 amide bonds. The molecule has 0 radical (unpaired) electrons. The average molecular weight is 410 g/mol. The number of likely N-dealkylation sites (tertiary alicyclic amines) is 1. The molecule has 0 unspecified atom stereocenters. The van der Waals surface area contributed by atoms with E-state index in [1.807, 2.05) is 51.9 Å². The van der Waals surface area contributed by atoms with Crippen molar-refractivity contribution >= 4 is 28.6 Å². The van der Waals surface area contributed by atoms with Crippen LogP contribution in [0.2, 0.25) is 0 Å². The summed E-state index contributed by atoms with van der Waals surface area (Å²) in [5.74, 6) is 0.0793. The van der Waals surface area contributed by atoms with Crippen LogP contribution in [0.15, 0.2) is 47.2 Å². The minimum atomic E-state index is 0.0793. The maximum absolute atomic E-state index is 12.9. The van der Waals surface area contributed by atoms with E-state index in [1.165, 1.54) is 12.0 Å². The van der Waals surface area contributed by atoms with Crippen molar-refractivity contribution in [2.75, 3.05) is 19.6 Å². The molecule has 0 N–H and O–H groups in total. The van der Waals surface area contributed by atoms with Gasteiger partial charge >= 0.3 is 0 Å². The highest BCUT2D eigenvalue weighted by atomic mass is 32.1. The van der Waals surface area contributed by atoms with Gasteiger partial charge < -0.3 is 4.90 Å².